The predicted octanol–water partition coefficient (Wildman–Crippen LogP) is 4.62. The van der Waals surface area contributed by atoms with Gasteiger partial charge >= 0.3 is 0 Å². The van der Waals surface area contributed by atoms with Crippen LogP contribution in [0.5, 0.6) is 0 Å². The Bertz CT molecular complexity index is 563. The zero-order valence-corrected chi connectivity index (χ0v) is 12.5. The summed E-state index contributed by atoms with van der Waals surface area (Å²) in [7, 11) is 0. The average Bonchev–Trinajstić information content (AvgIpc) is 2.41. The van der Waals surface area contributed by atoms with E-state index in [9.17, 15) is 0 Å². The molecule has 0 radical (unpaired) electrons. The second-order valence-electron chi connectivity index (χ2n) is 5.87. The summed E-state index contributed by atoms with van der Waals surface area (Å²) in [6.45, 7) is 0. The van der Waals surface area contributed by atoms with Gasteiger partial charge in [-0.2, -0.15) is 10.3 Å². The molecule has 0 aromatic heterocycles. The maximum atomic E-state index is 8.95. The number of fused-ring (bicyclic) bond motifs is 1. The van der Waals surface area contributed by atoms with Gasteiger partial charge in [-0.1, -0.05) is 41.3 Å². The third kappa shape index (κ3) is 2.47. The van der Waals surface area contributed by atoms with Crippen molar-refractivity contribution in [3.8, 4) is 6.19 Å². The molecule has 1 fully saturated rings. The quantitative estimate of drug-likeness (QED) is 0.643. The minimum atomic E-state index is 0.370. The van der Waals surface area contributed by atoms with Crippen molar-refractivity contribution < 1.29 is 0 Å². The molecule has 0 N–H and O–H groups in total. The van der Waals surface area contributed by atoms with E-state index < -0.39 is 0 Å². The molecule has 19 heavy (non-hydrogen) atoms. The number of nitrogens with zero attached hydrogens (tertiary/aromatic N) is 2. The molecule has 2 nitrogen and oxygen atoms in total. The van der Waals surface area contributed by atoms with Crippen LogP contribution in [0.15, 0.2) is 27.7 Å². The number of hydrogen-bond acceptors (Lipinski definition) is 2. The van der Waals surface area contributed by atoms with E-state index in [1.807, 2.05) is 6.19 Å². The molecule has 0 heterocycles. The first-order chi connectivity index (χ1) is 9.22. The van der Waals surface area contributed by atoms with Crippen molar-refractivity contribution in [3.63, 3.8) is 0 Å². The molecule has 0 amide bonds. The van der Waals surface area contributed by atoms with Gasteiger partial charge in [-0.15, -0.1) is 0 Å². The van der Waals surface area contributed by atoms with Crippen molar-refractivity contribution in [2.75, 3.05) is 0 Å². The Kier molecular flexibility index (Phi) is 3.45. The summed E-state index contributed by atoms with van der Waals surface area (Å²) >= 11 is 3.52. The zero-order valence-electron chi connectivity index (χ0n) is 11.0. The van der Waals surface area contributed by atoms with Gasteiger partial charge in [0.05, 0.1) is 5.71 Å². The van der Waals surface area contributed by atoms with E-state index in [4.69, 9.17) is 5.26 Å². The van der Waals surface area contributed by atoms with E-state index in [0.29, 0.717) is 5.41 Å². The Morgan fingerprint density at radius 3 is 2.68 bits per heavy atom. The van der Waals surface area contributed by atoms with Gasteiger partial charge < -0.3 is 0 Å². The molecule has 0 saturated heterocycles. The molecular weight excluding hydrogens is 300 g/mol. The van der Waals surface area contributed by atoms with Crippen LogP contribution in [0, 0.1) is 16.9 Å². The smallest absolute Gasteiger partial charge is 0.178 e. The van der Waals surface area contributed by atoms with Gasteiger partial charge in [-0.05, 0) is 48.8 Å². The number of halogens is 1. The van der Waals surface area contributed by atoms with Crippen LogP contribution in [0.3, 0.4) is 0 Å². The van der Waals surface area contributed by atoms with Crippen LogP contribution < -0.4 is 0 Å². The lowest BCUT2D eigenvalue weighted by Gasteiger charge is -2.41. The summed E-state index contributed by atoms with van der Waals surface area (Å²) < 4.78 is 1.07. The first-order valence-corrected chi connectivity index (χ1v) is 7.76. The lowest BCUT2D eigenvalue weighted by atomic mass is 9.63. The Morgan fingerprint density at radius 2 is 1.95 bits per heavy atom. The third-order valence-electron chi connectivity index (χ3n) is 4.59. The largest absolute Gasteiger partial charge is 0.205 e. The SMILES string of the molecule is N#CN=C1CC2(CCCCC2)Cc2ccc(Br)cc21. The average molecular weight is 317 g/mol. The first kappa shape index (κ1) is 12.9. The summed E-state index contributed by atoms with van der Waals surface area (Å²) in [6, 6.07) is 6.41. The highest BCUT2D eigenvalue weighted by atomic mass is 79.9. The highest BCUT2D eigenvalue weighted by molar-refractivity contribution is 9.10. The Morgan fingerprint density at radius 1 is 1.16 bits per heavy atom. The highest BCUT2D eigenvalue weighted by Crippen LogP contribution is 2.46. The van der Waals surface area contributed by atoms with Crippen LogP contribution in [0.1, 0.15) is 49.7 Å². The van der Waals surface area contributed by atoms with E-state index in [2.05, 4.69) is 39.1 Å². The van der Waals surface area contributed by atoms with Crippen LogP contribution in [0.4, 0.5) is 0 Å². The van der Waals surface area contributed by atoms with Crippen LogP contribution in [0.25, 0.3) is 0 Å². The standard InChI is InChI=1S/C16H17BrN2/c17-13-5-4-12-9-16(6-2-1-3-7-16)10-15(19-11-18)14(12)8-13/h4-5,8H,1-3,6-7,9-10H2. The van der Waals surface area contributed by atoms with Crippen molar-refractivity contribution in [1.82, 2.24) is 0 Å². The minimum Gasteiger partial charge on any atom is -0.178 e. The van der Waals surface area contributed by atoms with E-state index in [-0.39, 0.29) is 0 Å². The topological polar surface area (TPSA) is 36.1 Å². The fourth-order valence-corrected chi connectivity index (χ4v) is 4.06. The molecule has 1 saturated carbocycles. The molecule has 2 aliphatic rings. The molecule has 3 heteroatoms. The highest BCUT2D eigenvalue weighted by Gasteiger charge is 2.38. The first-order valence-electron chi connectivity index (χ1n) is 6.97. The van der Waals surface area contributed by atoms with Crippen molar-refractivity contribution in [2.24, 2.45) is 10.4 Å². The molecule has 0 bridgehead atoms. The summed E-state index contributed by atoms with van der Waals surface area (Å²) in [5.41, 5.74) is 3.90. The van der Waals surface area contributed by atoms with Crippen molar-refractivity contribution in [2.45, 2.75) is 44.9 Å². The number of hydrogen-bond donors (Lipinski definition) is 0. The second kappa shape index (κ2) is 5.09. The van der Waals surface area contributed by atoms with Crippen LogP contribution in [-0.2, 0) is 6.42 Å². The van der Waals surface area contributed by atoms with Gasteiger partial charge in [0.15, 0.2) is 0 Å². The normalized spacial score (nSPS) is 23.1. The number of benzene rings is 1. The van der Waals surface area contributed by atoms with Gasteiger partial charge in [0.1, 0.15) is 0 Å². The molecule has 1 spiro atoms. The van der Waals surface area contributed by atoms with Crippen molar-refractivity contribution >= 4 is 21.6 Å². The van der Waals surface area contributed by atoms with E-state index in [1.54, 1.807) is 0 Å². The number of aliphatic imine (C=N–C) groups is 1. The van der Waals surface area contributed by atoms with Gasteiger partial charge in [0.2, 0.25) is 6.19 Å². The summed E-state index contributed by atoms with van der Waals surface area (Å²) in [5, 5.41) is 8.95. The predicted molar refractivity (Wildman–Crippen MR) is 80.1 cm³/mol. The minimum absolute atomic E-state index is 0.370. The van der Waals surface area contributed by atoms with Gasteiger partial charge in [-0.3, -0.25) is 0 Å². The third-order valence-corrected chi connectivity index (χ3v) is 5.08. The molecule has 0 atom stereocenters. The molecule has 2 aliphatic carbocycles. The second-order valence-corrected chi connectivity index (χ2v) is 6.79. The maximum absolute atomic E-state index is 8.95. The van der Waals surface area contributed by atoms with Crippen molar-refractivity contribution in [3.05, 3.63) is 33.8 Å². The molecule has 1 aromatic rings. The summed E-state index contributed by atoms with van der Waals surface area (Å²) in [5.74, 6) is 0. The van der Waals surface area contributed by atoms with E-state index in [1.165, 1.54) is 43.2 Å². The monoisotopic (exact) mass is 316 g/mol. The number of nitriles is 1. The Balaban J connectivity index is 2.05. The molecule has 3 rings (SSSR count). The van der Waals surface area contributed by atoms with Crippen LogP contribution in [-0.4, -0.2) is 5.71 Å². The summed E-state index contributed by atoms with van der Waals surface area (Å²) in [4.78, 5) is 4.12. The summed E-state index contributed by atoms with van der Waals surface area (Å²) in [6.07, 6.45) is 10.7. The molecule has 0 aliphatic heterocycles. The van der Waals surface area contributed by atoms with Gasteiger partial charge in [-0.25, -0.2) is 0 Å². The molecule has 98 valence electrons. The van der Waals surface area contributed by atoms with Crippen LogP contribution in [0.2, 0.25) is 0 Å². The fourth-order valence-electron chi connectivity index (χ4n) is 3.70. The Hall–Kier alpha value is -1.14. The number of rotatable bonds is 0. The molecular formula is C16H17BrN2. The Labute approximate surface area is 122 Å². The van der Waals surface area contributed by atoms with Crippen molar-refractivity contribution in [1.29, 1.82) is 5.26 Å². The zero-order chi connectivity index (χ0) is 13.3. The lowest BCUT2D eigenvalue weighted by Crippen LogP contribution is -2.34. The molecule has 1 aromatic carbocycles. The van der Waals surface area contributed by atoms with Gasteiger partial charge in [0, 0.05) is 10.0 Å². The van der Waals surface area contributed by atoms with E-state index in [0.717, 1.165) is 23.0 Å². The maximum Gasteiger partial charge on any atom is 0.205 e. The van der Waals surface area contributed by atoms with E-state index >= 15 is 0 Å². The van der Waals surface area contributed by atoms with Gasteiger partial charge in [0.25, 0.3) is 0 Å². The lowest BCUT2D eigenvalue weighted by molar-refractivity contribution is 0.193. The molecule has 0 unspecified atom stereocenters. The van der Waals surface area contributed by atoms with Crippen LogP contribution >= 0.6 is 15.9 Å². The fraction of sp³-hybridized carbons (Fsp3) is 0.500.